The largest absolute Gasteiger partial charge is 0.489 e. The molecule has 0 unspecified atom stereocenters. The summed E-state index contributed by atoms with van der Waals surface area (Å²) in [5, 5.41) is 0.469. The monoisotopic (exact) mass is 480 g/mol. The van der Waals surface area contributed by atoms with E-state index in [4.69, 9.17) is 37.1 Å². The minimum Gasteiger partial charge on any atom is -0.489 e. The van der Waals surface area contributed by atoms with E-state index in [2.05, 4.69) is 0 Å². The van der Waals surface area contributed by atoms with Crippen LogP contribution in [0.25, 0.3) is 11.0 Å². The first kappa shape index (κ1) is 22.0. The van der Waals surface area contributed by atoms with Crippen LogP contribution in [-0.2, 0) is 12.8 Å². The number of ether oxygens (including phenoxy) is 2. The molecule has 0 aliphatic heterocycles. The van der Waals surface area contributed by atoms with Crippen molar-refractivity contribution in [2.45, 2.75) is 12.8 Å². The molecule has 3 aromatic carbocycles. The summed E-state index contributed by atoms with van der Waals surface area (Å²) >= 11 is 11.9. The first-order chi connectivity index (χ1) is 15.2. The molecule has 0 saturated carbocycles. The van der Waals surface area contributed by atoms with Gasteiger partial charge >= 0.3 is 6.18 Å². The summed E-state index contributed by atoms with van der Waals surface area (Å²) in [5.74, 6) is -2.45. The Morgan fingerprint density at radius 3 is 2.44 bits per heavy atom. The smallest absolute Gasteiger partial charge is 0.453 e. The van der Waals surface area contributed by atoms with Crippen molar-refractivity contribution in [2.24, 2.45) is 0 Å². The van der Waals surface area contributed by atoms with Crippen LogP contribution in [0.2, 0.25) is 10.0 Å². The Balaban J connectivity index is 1.74. The molecule has 0 spiro atoms. The molecule has 0 N–H and O–H groups in total. The van der Waals surface area contributed by atoms with E-state index in [-0.39, 0.29) is 34.1 Å². The second-order valence-electron chi connectivity index (χ2n) is 6.70. The van der Waals surface area contributed by atoms with Crippen LogP contribution < -0.4 is 14.9 Å². The zero-order chi connectivity index (χ0) is 22.9. The molecule has 0 radical (unpaired) electrons. The van der Waals surface area contributed by atoms with Crippen LogP contribution in [-0.4, -0.2) is 0 Å². The Morgan fingerprint density at radius 2 is 1.72 bits per heavy atom. The molecule has 0 atom stereocenters. The van der Waals surface area contributed by atoms with E-state index in [1.54, 1.807) is 30.3 Å². The van der Waals surface area contributed by atoms with Gasteiger partial charge in [0.25, 0.3) is 5.76 Å². The summed E-state index contributed by atoms with van der Waals surface area (Å²) in [6.45, 7) is 0.121. The number of halogens is 5. The molecular formula is C23H13Cl2F3O4. The van der Waals surface area contributed by atoms with Crippen LogP contribution in [0.3, 0.4) is 0 Å². The van der Waals surface area contributed by atoms with Crippen LogP contribution in [0, 0.1) is 0 Å². The summed E-state index contributed by atoms with van der Waals surface area (Å²) in [7, 11) is 0. The lowest BCUT2D eigenvalue weighted by molar-refractivity contribution is -0.154. The number of benzene rings is 3. The highest BCUT2D eigenvalue weighted by Crippen LogP contribution is 2.39. The van der Waals surface area contributed by atoms with E-state index in [1.807, 2.05) is 0 Å². The topological polar surface area (TPSA) is 48.7 Å². The fourth-order valence-electron chi connectivity index (χ4n) is 2.96. The average Bonchev–Trinajstić information content (AvgIpc) is 2.74. The molecule has 9 heteroatoms. The van der Waals surface area contributed by atoms with E-state index in [0.29, 0.717) is 5.02 Å². The van der Waals surface area contributed by atoms with Gasteiger partial charge in [0.2, 0.25) is 11.2 Å². The van der Waals surface area contributed by atoms with Crippen molar-refractivity contribution in [1.82, 2.24) is 0 Å². The van der Waals surface area contributed by atoms with Crippen LogP contribution >= 0.6 is 23.2 Å². The van der Waals surface area contributed by atoms with E-state index < -0.39 is 23.1 Å². The quantitative estimate of drug-likeness (QED) is 0.296. The van der Waals surface area contributed by atoms with Gasteiger partial charge in [-0.15, -0.1) is 0 Å². The van der Waals surface area contributed by atoms with Gasteiger partial charge in [-0.05, 0) is 42.0 Å². The summed E-state index contributed by atoms with van der Waals surface area (Å²) in [5.41, 5.74) is -0.518. The van der Waals surface area contributed by atoms with Crippen LogP contribution in [0.15, 0.2) is 75.9 Å². The molecule has 1 aromatic heterocycles. The highest BCUT2D eigenvalue weighted by Gasteiger charge is 2.40. The predicted molar refractivity (Wildman–Crippen MR) is 115 cm³/mol. The third kappa shape index (κ3) is 4.69. The number of fused-ring (bicyclic) bond motifs is 1. The molecule has 0 bridgehead atoms. The summed E-state index contributed by atoms with van der Waals surface area (Å²) in [6.07, 6.45) is -4.98. The van der Waals surface area contributed by atoms with E-state index in [9.17, 15) is 18.0 Å². The van der Waals surface area contributed by atoms with E-state index in [1.165, 1.54) is 36.4 Å². The molecular weight excluding hydrogens is 468 g/mol. The van der Waals surface area contributed by atoms with Gasteiger partial charge in [0.1, 0.15) is 23.7 Å². The summed E-state index contributed by atoms with van der Waals surface area (Å²) < 4.78 is 57.0. The minimum atomic E-state index is -4.98. The molecule has 0 fully saturated rings. The molecule has 0 amide bonds. The number of hydrogen-bond donors (Lipinski definition) is 0. The molecule has 4 rings (SSSR count). The second-order valence-corrected chi connectivity index (χ2v) is 7.54. The maximum Gasteiger partial charge on any atom is 0.453 e. The Labute approximate surface area is 189 Å². The normalized spacial score (nSPS) is 11.5. The maximum absolute atomic E-state index is 13.7. The molecule has 0 saturated heterocycles. The highest BCUT2D eigenvalue weighted by molar-refractivity contribution is 6.32. The van der Waals surface area contributed by atoms with Crippen molar-refractivity contribution in [3.8, 4) is 17.2 Å². The van der Waals surface area contributed by atoms with Crippen molar-refractivity contribution >= 4 is 34.2 Å². The first-order valence-corrected chi connectivity index (χ1v) is 9.95. The van der Waals surface area contributed by atoms with Gasteiger partial charge in [0.05, 0.1) is 10.4 Å². The lowest BCUT2D eigenvalue weighted by atomic mass is 10.2. The Bertz CT molecular complexity index is 1350. The lowest BCUT2D eigenvalue weighted by Gasteiger charge is -2.14. The van der Waals surface area contributed by atoms with Gasteiger partial charge in [-0.25, -0.2) is 0 Å². The molecule has 0 aliphatic carbocycles. The van der Waals surface area contributed by atoms with Gasteiger partial charge < -0.3 is 13.9 Å². The second kappa shape index (κ2) is 8.76. The Morgan fingerprint density at radius 1 is 0.938 bits per heavy atom. The summed E-state index contributed by atoms with van der Waals surface area (Å²) in [6, 6.07) is 16.8. The Kier molecular flexibility index (Phi) is 6.04. The summed E-state index contributed by atoms with van der Waals surface area (Å²) in [4.78, 5) is 12.9. The van der Waals surface area contributed by atoms with Gasteiger partial charge in [0.15, 0.2) is 0 Å². The lowest BCUT2D eigenvalue weighted by Crippen LogP contribution is -2.15. The predicted octanol–water partition coefficient (Wildman–Crippen LogP) is 7.49. The highest BCUT2D eigenvalue weighted by atomic mass is 35.5. The molecule has 164 valence electrons. The average molecular weight is 481 g/mol. The Hall–Kier alpha value is -3.16. The molecule has 4 aromatic rings. The SMILES string of the molecule is O=c1c(Oc2ccccc2Cl)c(C(F)(F)F)oc2cc(OCc3cccc(Cl)c3)ccc12. The number of alkyl halides is 3. The molecule has 1 heterocycles. The maximum atomic E-state index is 13.7. The number of hydrogen-bond acceptors (Lipinski definition) is 4. The van der Waals surface area contributed by atoms with E-state index in [0.717, 1.165) is 5.56 Å². The van der Waals surface area contributed by atoms with Crippen molar-refractivity contribution in [2.75, 3.05) is 0 Å². The van der Waals surface area contributed by atoms with E-state index >= 15 is 0 Å². The van der Waals surface area contributed by atoms with Crippen molar-refractivity contribution < 1.29 is 27.1 Å². The van der Waals surface area contributed by atoms with Gasteiger partial charge in [-0.3, -0.25) is 4.79 Å². The van der Waals surface area contributed by atoms with Crippen LogP contribution in [0.4, 0.5) is 13.2 Å². The van der Waals surface area contributed by atoms with Gasteiger partial charge in [0, 0.05) is 11.1 Å². The zero-order valence-corrected chi connectivity index (χ0v) is 17.6. The minimum absolute atomic E-state index is 0.0462. The number of rotatable bonds is 5. The van der Waals surface area contributed by atoms with Crippen LogP contribution in [0.1, 0.15) is 11.3 Å². The van der Waals surface area contributed by atoms with Crippen molar-refractivity contribution in [3.63, 3.8) is 0 Å². The van der Waals surface area contributed by atoms with Gasteiger partial charge in [-0.2, -0.15) is 13.2 Å². The van der Waals surface area contributed by atoms with Gasteiger partial charge in [-0.1, -0.05) is 47.5 Å². The zero-order valence-electron chi connectivity index (χ0n) is 16.1. The fourth-order valence-corrected chi connectivity index (χ4v) is 3.34. The third-order valence-electron chi connectivity index (χ3n) is 4.42. The first-order valence-electron chi connectivity index (χ1n) is 9.20. The van der Waals surface area contributed by atoms with Crippen molar-refractivity contribution in [3.05, 3.63) is 98.3 Å². The number of para-hydroxylation sites is 1. The van der Waals surface area contributed by atoms with Crippen molar-refractivity contribution in [1.29, 1.82) is 0 Å². The molecule has 32 heavy (non-hydrogen) atoms. The molecule has 4 nitrogen and oxygen atoms in total. The fraction of sp³-hybridized carbons (Fsp3) is 0.0870. The molecule has 0 aliphatic rings. The standard InChI is InChI=1S/C23H13Cl2F3O4/c24-14-5-3-4-13(10-14)12-30-15-8-9-16-19(11-15)32-22(23(26,27)28)21(20(16)29)31-18-7-2-1-6-17(18)25/h1-11H,12H2. The third-order valence-corrected chi connectivity index (χ3v) is 4.97. The van der Waals surface area contributed by atoms with Crippen LogP contribution in [0.5, 0.6) is 17.2 Å².